The molecule has 3 aromatic rings. The van der Waals surface area contributed by atoms with Gasteiger partial charge in [0.15, 0.2) is 11.4 Å². The van der Waals surface area contributed by atoms with Crippen molar-refractivity contribution in [2.75, 3.05) is 11.7 Å². The summed E-state index contributed by atoms with van der Waals surface area (Å²) < 4.78 is 1.63. The topological polar surface area (TPSA) is 65.8 Å². The second-order valence-corrected chi connectivity index (χ2v) is 9.70. The van der Waals surface area contributed by atoms with E-state index in [-0.39, 0.29) is 23.7 Å². The monoisotopic (exact) mass is 467 g/mol. The number of benzene rings is 2. The molecule has 3 heterocycles. The number of fused-ring (bicyclic) bond motifs is 3. The van der Waals surface area contributed by atoms with Gasteiger partial charge in [-0.05, 0) is 48.7 Å². The number of halogens is 1. The Morgan fingerprint density at radius 2 is 1.88 bits per heavy atom. The smallest absolute Gasteiger partial charge is 0.278 e. The third-order valence-corrected chi connectivity index (χ3v) is 7.39. The van der Waals surface area contributed by atoms with Gasteiger partial charge in [-0.2, -0.15) is 0 Å². The van der Waals surface area contributed by atoms with Crippen LogP contribution in [0.15, 0.2) is 64.4 Å². The predicted molar refractivity (Wildman–Crippen MR) is 126 cm³/mol. The molecule has 1 unspecified atom stereocenters. The number of pyridine rings is 1. The van der Waals surface area contributed by atoms with Crippen LogP contribution in [0.5, 0.6) is 5.75 Å². The molecule has 0 aliphatic carbocycles. The maximum Gasteiger partial charge on any atom is 0.278 e. The molecule has 0 fully saturated rings. The van der Waals surface area contributed by atoms with Crippen molar-refractivity contribution in [2.24, 2.45) is 0 Å². The molecule has 2 aromatic carbocycles. The average Bonchev–Trinajstić information content (AvgIpc) is 2.93. The average molecular weight is 468 g/mol. The summed E-state index contributed by atoms with van der Waals surface area (Å²) in [5.74, 6) is -0.0888. The van der Waals surface area contributed by atoms with Gasteiger partial charge in [0.05, 0.1) is 6.04 Å². The minimum Gasteiger partial charge on any atom is -0.502 e. The maximum absolute atomic E-state index is 13.2. The van der Waals surface area contributed by atoms with Crippen LogP contribution in [0, 0.1) is 0 Å². The highest BCUT2D eigenvalue weighted by molar-refractivity contribution is 7.98. The first kappa shape index (κ1) is 21.0. The molecule has 0 saturated carbocycles. The lowest BCUT2D eigenvalue weighted by Crippen LogP contribution is -2.57. The summed E-state index contributed by atoms with van der Waals surface area (Å²) in [5.41, 5.74) is 2.72. The van der Waals surface area contributed by atoms with E-state index in [1.807, 2.05) is 49.2 Å². The zero-order chi connectivity index (χ0) is 22.6. The van der Waals surface area contributed by atoms with E-state index in [4.69, 9.17) is 11.6 Å². The van der Waals surface area contributed by atoms with Crippen LogP contribution in [0.25, 0.3) is 0 Å². The van der Waals surface area contributed by atoms with Gasteiger partial charge in [0.2, 0.25) is 5.43 Å². The Morgan fingerprint density at radius 3 is 2.66 bits per heavy atom. The van der Waals surface area contributed by atoms with Crippen LogP contribution in [0.4, 0.5) is 0 Å². The van der Waals surface area contributed by atoms with Crippen molar-refractivity contribution < 1.29 is 9.90 Å². The summed E-state index contributed by atoms with van der Waals surface area (Å²) in [6.07, 6.45) is 1.57. The van der Waals surface area contributed by atoms with E-state index < -0.39 is 11.2 Å². The highest BCUT2D eigenvalue weighted by Crippen LogP contribution is 2.43. The zero-order valence-corrected chi connectivity index (χ0v) is 19.2. The molecular formula is C24H22ClN3O3S. The fourth-order valence-corrected chi connectivity index (χ4v) is 5.66. The third-order valence-electron chi connectivity index (χ3n) is 6.01. The van der Waals surface area contributed by atoms with E-state index in [2.05, 4.69) is 12.1 Å². The van der Waals surface area contributed by atoms with Gasteiger partial charge >= 0.3 is 0 Å². The van der Waals surface area contributed by atoms with Crippen LogP contribution in [0.2, 0.25) is 5.02 Å². The van der Waals surface area contributed by atoms with Crippen molar-refractivity contribution in [1.29, 1.82) is 0 Å². The summed E-state index contributed by atoms with van der Waals surface area (Å²) in [6.45, 7) is 4.14. The number of aromatic hydroxyl groups is 1. The Hall–Kier alpha value is -2.90. The van der Waals surface area contributed by atoms with E-state index in [0.29, 0.717) is 11.7 Å². The van der Waals surface area contributed by atoms with Crippen LogP contribution in [0.3, 0.4) is 0 Å². The lowest BCUT2D eigenvalue weighted by molar-refractivity contribution is 0.0621. The largest absolute Gasteiger partial charge is 0.502 e. The normalized spacial score (nSPS) is 17.6. The highest BCUT2D eigenvalue weighted by Gasteiger charge is 2.39. The van der Waals surface area contributed by atoms with Gasteiger partial charge < -0.3 is 10.0 Å². The molecule has 1 N–H and O–H groups in total. The Kier molecular flexibility index (Phi) is 5.18. The van der Waals surface area contributed by atoms with E-state index in [1.54, 1.807) is 27.5 Å². The van der Waals surface area contributed by atoms with Gasteiger partial charge in [-0.1, -0.05) is 35.9 Å². The Balaban J connectivity index is 1.80. The molecule has 32 heavy (non-hydrogen) atoms. The van der Waals surface area contributed by atoms with Crippen molar-refractivity contribution in [1.82, 2.24) is 9.58 Å². The lowest BCUT2D eigenvalue weighted by Gasteiger charge is -2.45. The van der Waals surface area contributed by atoms with Crippen molar-refractivity contribution >= 4 is 29.3 Å². The molecule has 0 bridgehead atoms. The molecule has 1 amide bonds. The Labute approximate surface area is 195 Å². The number of carbonyl (C=O) groups is 1. The van der Waals surface area contributed by atoms with Gasteiger partial charge in [0.1, 0.15) is 6.67 Å². The van der Waals surface area contributed by atoms with E-state index in [1.165, 1.54) is 11.6 Å². The first-order valence-corrected chi connectivity index (χ1v) is 11.8. The molecule has 5 rings (SSSR count). The molecule has 2 aliphatic rings. The van der Waals surface area contributed by atoms with E-state index >= 15 is 0 Å². The summed E-state index contributed by atoms with van der Waals surface area (Å²) in [6, 6.07) is 15.0. The summed E-state index contributed by atoms with van der Waals surface area (Å²) >= 11 is 8.18. The van der Waals surface area contributed by atoms with E-state index in [9.17, 15) is 14.7 Å². The van der Waals surface area contributed by atoms with Gasteiger partial charge in [-0.25, -0.2) is 0 Å². The highest BCUT2D eigenvalue weighted by atomic mass is 35.5. The summed E-state index contributed by atoms with van der Waals surface area (Å²) in [7, 11) is 0. The molecule has 6 nitrogen and oxygen atoms in total. The van der Waals surface area contributed by atoms with Crippen LogP contribution < -0.4 is 10.4 Å². The molecule has 0 radical (unpaired) electrons. The SMILES string of the molecule is CC(C)N1CN(C2c3ccccc3CSc3ccc(Cl)cc32)n2ccc(=O)c(O)c2C1=O. The van der Waals surface area contributed by atoms with Gasteiger partial charge in [-0.15, -0.1) is 11.8 Å². The number of carbonyl (C=O) groups excluding carboxylic acids is 1. The van der Waals surface area contributed by atoms with Gasteiger partial charge in [-0.3, -0.25) is 19.3 Å². The Morgan fingerprint density at radius 1 is 1.09 bits per heavy atom. The first-order chi connectivity index (χ1) is 15.4. The number of amides is 1. The third kappa shape index (κ3) is 3.27. The zero-order valence-electron chi connectivity index (χ0n) is 17.7. The van der Waals surface area contributed by atoms with Crippen LogP contribution in [0.1, 0.15) is 47.1 Å². The van der Waals surface area contributed by atoms with Crippen molar-refractivity contribution in [2.45, 2.75) is 36.6 Å². The van der Waals surface area contributed by atoms with Gasteiger partial charge in [0, 0.05) is 34.0 Å². The summed E-state index contributed by atoms with van der Waals surface area (Å²) in [5, 5.41) is 13.2. The van der Waals surface area contributed by atoms with E-state index in [0.717, 1.165) is 21.8 Å². The lowest BCUT2D eigenvalue weighted by atomic mass is 9.94. The number of aromatic nitrogens is 1. The fourth-order valence-electron chi connectivity index (χ4n) is 4.40. The fraction of sp³-hybridized carbons (Fsp3) is 0.250. The summed E-state index contributed by atoms with van der Waals surface area (Å²) in [4.78, 5) is 28.2. The standard InChI is InChI=1S/C24H22ClN3O3S/c1-14(2)26-13-28(27-10-9-19(29)23(30)22(27)24(26)31)21-17-6-4-3-5-15(17)12-32-20-8-7-16(25)11-18(20)21/h3-11,14,21,30H,12-13H2,1-2H3. The number of nitrogens with zero attached hydrogens (tertiary/aromatic N) is 3. The molecule has 0 spiro atoms. The first-order valence-electron chi connectivity index (χ1n) is 10.4. The van der Waals surface area contributed by atoms with Crippen molar-refractivity contribution in [3.05, 3.63) is 92.4 Å². The molecular weight excluding hydrogens is 446 g/mol. The number of hydrogen-bond acceptors (Lipinski definition) is 5. The minimum atomic E-state index is -0.574. The molecule has 0 saturated heterocycles. The van der Waals surface area contributed by atoms with Crippen LogP contribution in [-0.2, 0) is 5.75 Å². The minimum absolute atomic E-state index is 0.0181. The number of thioether (sulfide) groups is 1. The second kappa shape index (κ2) is 7.90. The van der Waals surface area contributed by atoms with Crippen molar-refractivity contribution in [3.63, 3.8) is 0 Å². The van der Waals surface area contributed by atoms with Gasteiger partial charge in [0.25, 0.3) is 5.91 Å². The molecule has 1 atom stereocenters. The van der Waals surface area contributed by atoms with Crippen molar-refractivity contribution in [3.8, 4) is 5.75 Å². The molecule has 8 heteroatoms. The number of hydrogen-bond donors (Lipinski definition) is 1. The maximum atomic E-state index is 13.2. The molecule has 1 aromatic heterocycles. The Bertz CT molecular complexity index is 1290. The van der Waals surface area contributed by atoms with Crippen LogP contribution >= 0.6 is 23.4 Å². The second-order valence-electron chi connectivity index (χ2n) is 8.24. The predicted octanol–water partition coefficient (Wildman–Crippen LogP) is 4.36. The quantitative estimate of drug-likeness (QED) is 0.606. The molecule has 164 valence electrons. The molecule has 2 aliphatic heterocycles. The van der Waals surface area contributed by atoms with Crippen LogP contribution in [-0.4, -0.2) is 33.3 Å². The number of rotatable bonds is 2.